The Morgan fingerprint density at radius 1 is 1.43 bits per heavy atom. The first-order chi connectivity index (χ1) is 3.50. The molecule has 0 amide bonds. The summed E-state index contributed by atoms with van der Waals surface area (Å²) in [5, 5.41) is 0. The lowest BCUT2D eigenvalue weighted by atomic mass is 10.2. The predicted molar refractivity (Wildman–Crippen MR) is 27.5 cm³/mol. The minimum atomic E-state index is 0.833. The summed E-state index contributed by atoms with van der Waals surface area (Å²) in [4.78, 5) is 4.91. The summed E-state index contributed by atoms with van der Waals surface area (Å²) in [5.74, 6) is 0. The molecular weight excluding hydrogens is 90.1 g/mol. The summed E-state index contributed by atoms with van der Waals surface area (Å²) in [6, 6.07) is 0. The second kappa shape index (κ2) is 2.99. The minimum absolute atomic E-state index is 0.833. The van der Waals surface area contributed by atoms with Gasteiger partial charge in [-0.25, -0.2) is 5.48 Å². The summed E-state index contributed by atoms with van der Waals surface area (Å²) >= 11 is 0. The lowest BCUT2D eigenvalue weighted by Crippen LogP contribution is -2.12. The van der Waals surface area contributed by atoms with Crippen molar-refractivity contribution in [2.24, 2.45) is 0 Å². The highest BCUT2D eigenvalue weighted by molar-refractivity contribution is 4.65. The van der Waals surface area contributed by atoms with E-state index in [0.717, 1.165) is 26.0 Å². The Balaban J connectivity index is 2.04. The van der Waals surface area contributed by atoms with Crippen LogP contribution in [0, 0.1) is 6.42 Å². The van der Waals surface area contributed by atoms with Gasteiger partial charge in [-0.2, -0.15) is 0 Å². The van der Waals surface area contributed by atoms with Crippen LogP contribution in [-0.2, 0) is 4.84 Å². The van der Waals surface area contributed by atoms with Crippen molar-refractivity contribution in [1.29, 1.82) is 0 Å². The lowest BCUT2D eigenvalue weighted by molar-refractivity contribution is 0.0532. The maximum Gasteiger partial charge on any atom is 0.0684 e. The van der Waals surface area contributed by atoms with Gasteiger partial charge in [0.25, 0.3) is 0 Å². The fraction of sp³-hybridized carbons (Fsp3) is 0.800. The van der Waals surface area contributed by atoms with Gasteiger partial charge >= 0.3 is 0 Å². The molecule has 1 aliphatic heterocycles. The highest BCUT2D eigenvalue weighted by atomic mass is 16.6. The topological polar surface area (TPSA) is 21.3 Å². The Morgan fingerprint density at radius 2 is 2.43 bits per heavy atom. The van der Waals surface area contributed by atoms with Crippen molar-refractivity contribution in [3.63, 3.8) is 0 Å². The van der Waals surface area contributed by atoms with Crippen molar-refractivity contribution >= 4 is 0 Å². The predicted octanol–water partition coefficient (Wildman–Crippen LogP) is 0.506. The van der Waals surface area contributed by atoms with Crippen LogP contribution in [0.2, 0.25) is 0 Å². The van der Waals surface area contributed by atoms with Crippen LogP contribution in [0.3, 0.4) is 0 Å². The molecule has 0 unspecified atom stereocenters. The molecule has 0 spiro atoms. The average Bonchev–Trinajstić information content (AvgIpc) is 1.90. The lowest BCUT2D eigenvalue weighted by Gasteiger charge is -1.94. The number of rotatable bonds is 0. The highest BCUT2D eigenvalue weighted by Crippen LogP contribution is 1.95. The van der Waals surface area contributed by atoms with Crippen molar-refractivity contribution in [3.8, 4) is 0 Å². The molecule has 0 aliphatic carbocycles. The van der Waals surface area contributed by atoms with E-state index in [1.807, 2.05) is 0 Å². The van der Waals surface area contributed by atoms with Crippen molar-refractivity contribution in [1.82, 2.24) is 5.48 Å². The maximum atomic E-state index is 4.91. The van der Waals surface area contributed by atoms with Gasteiger partial charge in [0, 0.05) is 6.54 Å². The molecule has 1 saturated heterocycles. The molecule has 0 aromatic heterocycles. The summed E-state index contributed by atoms with van der Waals surface area (Å²) in [5.41, 5.74) is 2.82. The van der Waals surface area contributed by atoms with Crippen molar-refractivity contribution in [2.45, 2.75) is 12.8 Å². The zero-order chi connectivity index (χ0) is 4.95. The molecule has 1 fully saturated rings. The SMILES string of the molecule is [CH]1CCNOCC1. The molecule has 7 heavy (non-hydrogen) atoms. The number of hydrogen-bond acceptors (Lipinski definition) is 2. The number of nitrogens with one attached hydrogen (secondary N) is 1. The fourth-order valence-corrected chi connectivity index (χ4v) is 0.592. The molecule has 1 radical (unpaired) electrons. The van der Waals surface area contributed by atoms with Gasteiger partial charge in [0.05, 0.1) is 6.61 Å². The van der Waals surface area contributed by atoms with Gasteiger partial charge in [0.2, 0.25) is 0 Å². The summed E-state index contributed by atoms with van der Waals surface area (Å²) in [7, 11) is 0. The van der Waals surface area contributed by atoms with Crippen LogP contribution >= 0.6 is 0 Å². The van der Waals surface area contributed by atoms with E-state index in [2.05, 4.69) is 11.9 Å². The molecule has 0 aromatic carbocycles. The third-order valence-corrected chi connectivity index (χ3v) is 0.977. The second-order valence-electron chi connectivity index (χ2n) is 1.61. The molecule has 41 valence electrons. The minimum Gasteiger partial charge on any atom is -0.302 e. The first-order valence-electron chi connectivity index (χ1n) is 2.66. The van der Waals surface area contributed by atoms with E-state index in [4.69, 9.17) is 4.84 Å². The van der Waals surface area contributed by atoms with E-state index in [1.165, 1.54) is 0 Å². The largest absolute Gasteiger partial charge is 0.302 e. The maximum absolute atomic E-state index is 4.91. The zero-order valence-electron chi connectivity index (χ0n) is 4.31. The number of hydrogen-bond donors (Lipinski definition) is 1. The Morgan fingerprint density at radius 3 is 3.43 bits per heavy atom. The number of hydroxylamine groups is 1. The molecule has 0 bridgehead atoms. The van der Waals surface area contributed by atoms with Crippen molar-refractivity contribution < 1.29 is 4.84 Å². The van der Waals surface area contributed by atoms with Crippen LogP contribution in [-0.4, -0.2) is 13.2 Å². The standard InChI is InChI=1S/C5H10NO/c1-2-4-6-7-5-3-1/h1,6H,2-5H2. The Kier molecular flexibility index (Phi) is 2.17. The third-order valence-electron chi connectivity index (χ3n) is 0.977. The van der Waals surface area contributed by atoms with Crippen LogP contribution in [0.25, 0.3) is 0 Å². The van der Waals surface area contributed by atoms with E-state index < -0.39 is 0 Å². The van der Waals surface area contributed by atoms with Crippen LogP contribution < -0.4 is 5.48 Å². The smallest absolute Gasteiger partial charge is 0.0684 e. The van der Waals surface area contributed by atoms with Gasteiger partial charge in [0.1, 0.15) is 0 Å². The van der Waals surface area contributed by atoms with Gasteiger partial charge in [-0.05, 0) is 19.3 Å². The van der Waals surface area contributed by atoms with Gasteiger partial charge in [-0.15, -0.1) is 0 Å². The van der Waals surface area contributed by atoms with E-state index in [1.54, 1.807) is 0 Å². The molecule has 2 heteroatoms. The Hall–Kier alpha value is -0.0800. The molecular formula is C5H10NO. The van der Waals surface area contributed by atoms with Crippen LogP contribution in [0.5, 0.6) is 0 Å². The molecule has 0 saturated carbocycles. The summed E-state index contributed by atoms with van der Waals surface area (Å²) < 4.78 is 0. The molecule has 2 nitrogen and oxygen atoms in total. The molecule has 1 rings (SSSR count). The van der Waals surface area contributed by atoms with Gasteiger partial charge in [-0.1, -0.05) is 0 Å². The summed E-state index contributed by atoms with van der Waals surface area (Å²) in [6.07, 6.45) is 4.47. The zero-order valence-corrected chi connectivity index (χ0v) is 4.31. The van der Waals surface area contributed by atoms with Gasteiger partial charge in [-0.3, -0.25) is 0 Å². The van der Waals surface area contributed by atoms with Crippen molar-refractivity contribution in [3.05, 3.63) is 6.42 Å². The molecule has 0 aromatic rings. The quantitative estimate of drug-likeness (QED) is 0.478. The third kappa shape index (κ3) is 1.90. The second-order valence-corrected chi connectivity index (χ2v) is 1.61. The van der Waals surface area contributed by atoms with Gasteiger partial charge in [0.15, 0.2) is 0 Å². The van der Waals surface area contributed by atoms with Crippen LogP contribution in [0.1, 0.15) is 12.8 Å². The molecule has 1 aliphatic rings. The molecule has 0 atom stereocenters. The van der Waals surface area contributed by atoms with Gasteiger partial charge < -0.3 is 4.84 Å². The Bertz CT molecular complexity index is 27.7. The van der Waals surface area contributed by atoms with Crippen molar-refractivity contribution in [2.75, 3.05) is 13.2 Å². The summed E-state index contributed by atoms with van der Waals surface area (Å²) in [6.45, 7) is 1.81. The van der Waals surface area contributed by atoms with E-state index in [-0.39, 0.29) is 0 Å². The fourth-order valence-electron chi connectivity index (χ4n) is 0.592. The van der Waals surface area contributed by atoms with E-state index >= 15 is 0 Å². The molecule has 1 heterocycles. The van der Waals surface area contributed by atoms with Crippen LogP contribution in [0.15, 0.2) is 0 Å². The molecule has 1 N–H and O–H groups in total. The average molecular weight is 100 g/mol. The monoisotopic (exact) mass is 100 g/mol. The van der Waals surface area contributed by atoms with Crippen LogP contribution in [0.4, 0.5) is 0 Å². The first kappa shape index (κ1) is 5.06. The first-order valence-corrected chi connectivity index (χ1v) is 2.66. The highest BCUT2D eigenvalue weighted by Gasteiger charge is 1.94. The van der Waals surface area contributed by atoms with E-state index in [0.29, 0.717) is 0 Å². The normalized spacial score (nSPS) is 24.0. The van der Waals surface area contributed by atoms with E-state index in [9.17, 15) is 0 Å². The Labute approximate surface area is 43.8 Å².